The summed E-state index contributed by atoms with van der Waals surface area (Å²) >= 11 is 12.3. The molecule has 8 heteroatoms. The van der Waals surface area contributed by atoms with Crippen LogP contribution in [-0.4, -0.2) is 55.3 Å². The summed E-state index contributed by atoms with van der Waals surface area (Å²) in [6.45, 7) is 10.1. The number of rotatable bonds is 6. The van der Waals surface area contributed by atoms with Crippen LogP contribution in [0.25, 0.3) is 0 Å². The number of hydrogen-bond donors (Lipinski definition) is 2. The van der Waals surface area contributed by atoms with Gasteiger partial charge in [-0.2, -0.15) is 0 Å². The Kier molecular flexibility index (Phi) is 8.68. The fraction of sp³-hybridized carbons (Fsp3) is 0.519. The van der Waals surface area contributed by atoms with Crippen molar-refractivity contribution in [2.24, 2.45) is 0 Å². The fourth-order valence-corrected chi connectivity index (χ4v) is 5.82. The molecule has 2 aromatic carbocycles. The lowest BCUT2D eigenvalue weighted by molar-refractivity contribution is 0.137. The maximum atomic E-state index is 12.6. The third kappa shape index (κ3) is 6.75. The number of urea groups is 1. The van der Waals surface area contributed by atoms with Gasteiger partial charge in [-0.15, -0.1) is 0 Å². The van der Waals surface area contributed by atoms with E-state index in [0.717, 1.165) is 63.2 Å². The number of amides is 2. The molecule has 0 unspecified atom stereocenters. The molecule has 0 spiro atoms. The quantitative estimate of drug-likeness (QED) is 0.468. The monoisotopic (exact) mass is 518 g/mol. The van der Waals surface area contributed by atoms with Crippen LogP contribution in [-0.2, 0) is 0 Å². The standard InChI is InChI=1S/C27H36Cl2N4O2/c1-18(2)35-25-7-5-4-6-24(25)33-14-12-32(13-15-33)22-10-8-21(9-11-22)30-27(34)31-26-19(3)16-20(28)17-23(26)29/h4-7,16-18,21-22H,8-15H2,1-3H3,(H2,30,31,34). The molecule has 0 atom stereocenters. The van der Waals surface area contributed by atoms with Gasteiger partial charge in [0, 0.05) is 43.3 Å². The van der Waals surface area contributed by atoms with Gasteiger partial charge in [-0.25, -0.2) is 4.79 Å². The molecular formula is C27H36Cl2N4O2. The van der Waals surface area contributed by atoms with Crippen molar-refractivity contribution in [1.82, 2.24) is 10.2 Å². The molecule has 6 nitrogen and oxygen atoms in total. The van der Waals surface area contributed by atoms with E-state index in [1.54, 1.807) is 12.1 Å². The zero-order valence-corrected chi connectivity index (χ0v) is 22.3. The van der Waals surface area contributed by atoms with E-state index in [-0.39, 0.29) is 18.2 Å². The molecule has 1 heterocycles. The van der Waals surface area contributed by atoms with E-state index >= 15 is 0 Å². The van der Waals surface area contributed by atoms with Crippen molar-refractivity contribution in [2.75, 3.05) is 36.4 Å². The average Bonchev–Trinajstić information content (AvgIpc) is 2.82. The second kappa shape index (κ2) is 11.7. The molecule has 2 aliphatic rings. The minimum absolute atomic E-state index is 0.163. The zero-order valence-electron chi connectivity index (χ0n) is 20.8. The van der Waals surface area contributed by atoms with E-state index in [9.17, 15) is 4.79 Å². The number of benzene rings is 2. The molecule has 4 rings (SSSR count). The Balaban J connectivity index is 1.23. The van der Waals surface area contributed by atoms with Crippen molar-refractivity contribution >= 4 is 40.6 Å². The molecule has 2 aromatic rings. The van der Waals surface area contributed by atoms with Gasteiger partial charge in [-0.05, 0) is 76.3 Å². The number of nitrogens with one attached hydrogen (secondary N) is 2. The first-order chi connectivity index (χ1) is 16.8. The van der Waals surface area contributed by atoms with Crippen molar-refractivity contribution in [3.63, 3.8) is 0 Å². The van der Waals surface area contributed by atoms with Crippen molar-refractivity contribution < 1.29 is 9.53 Å². The van der Waals surface area contributed by atoms with Crippen LogP contribution in [0.1, 0.15) is 45.1 Å². The van der Waals surface area contributed by atoms with Crippen molar-refractivity contribution in [1.29, 1.82) is 0 Å². The first-order valence-electron chi connectivity index (χ1n) is 12.6. The number of carbonyl (C=O) groups is 1. The van der Waals surface area contributed by atoms with E-state index < -0.39 is 0 Å². The number of anilines is 2. The lowest BCUT2D eigenvalue weighted by Gasteiger charge is -2.43. The Morgan fingerprint density at radius 2 is 1.71 bits per heavy atom. The smallest absolute Gasteiger partial charge is 0.319 e. The van der Waals surface area contributed by atoms with Crippen LogP contribution >= 0.6 is 23.2 Å². The number of halogens is 2. The summed E-state index contributed by atoms with van der Waals surface area (Å²) < 4.78 is 6.03. The minimum Gasteiger partial charge on any atom is -0.489 e. The van der Waals surface area contributed by atoms with Crippen LogP contribution in [0.3, 0.4) is 0 Å². The third-order valence-electron chi connectivity index (χ3n) is 6.92. The molecular weight excluding hydrogens is 483 g/mol. The first kappa shape index (κ1) is 25.9. The van der Waals surface area contributed by atoms with E-state index in [4.69, 9.17) is 27.9 Å². The number of ether oxygens (including phenoxy) is 1. The summed E-state index contributed by atoms with van der Waals surface area (Å²) in [5.74, 6) is 0.968. The molecule has 1 saturated carbocycles. The summed E-state index contributed by atoms with van der Waals surface area (Å²) in [4.78, 5) is 17.6. The predicted molar refractivity (Wildman–Crippen MR) is 145 cm³/mol. The van der Waals surface area contributed by atoms with Gasteiger partial charge in [-0.1, -0.05) is 35.3 Å². The Labute approximate surface area is 218 Å². The van der Waals surface area contributed by atoms with Crippen molar-refractivity contribution in [3.8, 4) is 5.75 Å². The molecule has 0 radical (unpaired) electrons. The average molecular weight is 520 g/mol. The summed E-state index contributed by atoms with van der Waals surface area (Å²) in [5.41, 5.74) is 2.65. The maximum Gasteiger partial charge on any atom is 0.319 e. The highest BCUT2D eigenvalue weighted by Gasteiger charge is 2.29. The van der Waals surface area contributed by atoms with Gasteiger partial charge in [0.05, 0.1) is 22.5 Å². The molecule has 0 aromatic heterocycles. The second-order valence-corrected chi connectivity index (χ2v) is 10.7. The number of piperazine rings is 1. The first-order valence-corrected chi connectivity index (χ1v) is 13.3. The fourth-order valence-electron chi connectivity index (χ4n) is 5.18. The molecule has 2 amide bonds. The highest BCUT2D eigenvalue weighted by molar-refractivity contribution is 6.37. The van der Waals surface area contributed by atoms with Gasteiger partial charge in [0.25, 0.3) is 0 Å². The molecule has 0 bridgehead atoms. The van der Waals surface area contributed by atoms with Gasteiger partial charge < -0.3 is 20.3 Å². The van der Waals surface area contributed by atoms with Gasteiger partial charge in [0.15, 0.2) is 0 Å². The second-order valence-electron chi connectivity index (χ2n) is 9.84. The number of aryl methyl sites for hydroxylation is 1. The van der Waals surface area contributed by atoms with Crippen LogP contribution in [0.5, 0.6) is 5.75 Å². The highest BCUT2D eigenvalue weighted by atomic mass is 35.5. The van der Waals surface area contributed by atoms with E-state index in [1.807, 2.05) is 13.0 Å². The van der Waals surface area contributed by atoms with E-state index in [2.05, 4.69) is 52.5 Å². The van der Waals surface area contributed by atoms with Crippen LogP contribution in [0, 0.1) is 6.92 Å². The topological polar surface area (TPSA) is 56.8 Å². The Morgan fingerprint density at radius 3 is 2.37 bits per heavy atom. The van der Waals surface area contributed by atoms with Gasteiger partial charge in [0.1, 0.15) is 5.75 Å². The summed E-state index contributed by atoms with van der Waals surface area (Å²) in [5, 5.41) is 7.04. The molecule has 35 heavy (non-hydrogen) atoms. The van der Waals surface area contributed by atoms with Gasteiger partial charge in [0.2, 0.25) is 0 Å². The summed E-state index contributed by atoms with van der Waals surface area (Å²) in [6, 6.07) is 12.3. The van der Waals surface area contributed by atoms with Crippen LogP contribution in [0.2, 0.25) is 10.0 Å². The van der Waals surface area contributed by atoms with Crippen LogP contribution in [0.4, 0.5) is 16.2 Å². The zero-order chi connectivity index (χ0) is 24.9. The van der Waals surface area contributed by atoms with E-state index in [0.29, 0.717) is 21.8 Å². The lowest BCUT2D eigenvalue weighted by Crippen LogP contribution is -2.52. The molecule has 190 valence electrons. The summed E-state index contributed by atoms with van der Waals surface area (Å²) in [6.07, 6.45) is 4.32. The molecule has 2 N–H and O–H groups in total. The number of carbonyl (C=O) groups excluding carboxylic acids is 1. The largest absolute Gasteiger partial charge is 0.489 e. The third-order valence-corrected chi connectivity index (χ3v) is 7.44. The lowest BCUT2D eigenvalue weighted by atomic mass is 9.90. The Hall–Kier alpha value is -2.15. The van der Waals surface area contributed by atoms with Crippen molar-refractivity contribution in [3.05, 3.63) is 52.0 Å². The SMILES string of the molecule is Cc1cc(Cl)cc(Cl)c1NC(=O)NC1CCC(N2CCN(c3ccccc3OC(C)C)CC2)CC1. The normalized spacial score (nSPS) is 21.1. The Morgan fingerprint density at radius 1 is 1.03 bits per heavy atom. The maximum absolute atomic E-state index is 12.6. The summed E-state index contributed by atoms with van der Waals surface area (Å²) in [7, 11) is 0. The molecule has 2 fully saturated rings. The molecule has 1 aliphatic carbocycles. The predicted octanol–water partition coefficient (Wildman–Crippen LogP) is 6.34. The molecule has 1 saturated heterocycles. The van der Waals surface area contributed by atoms with Gasteiger partial charge >= 0.3 is 6.03 Å². The van der Waals surface area contributed by atoms with E-state index in [1.165, 1.54) is 5.69 Å². The molecule has 1 aliphatic heterocycles. The van der Waals surface area contributed by atoms with Crippen LogP contribution in [0.15, 0.2) is 36.4 Å². The minimum atomic E-state index is -0.211. The number of hydrogen-bond acceptors (Lipinski definition) is 4. The Bertz CT molecular complexity index is 993. The number of nitrogens with zero attached hydrogens (tertiary/aromatic N) is 2. The highest BCUT2D eigenvalue weighted by Crippen LogP contribution is 2.32. The van der Waals surface area contributed by atoms with Crippen molar-refractivity contribution in [2.45, 2.75) is 64.6 Å². The number of para-hydroxylation sites is 2. The van der Waals surface area contributed by atoms with Crippen LogP contribution < -0.4 is 20.3 Å². The van der Waals surface area contributed by atoms with Gasteiger partial charge in [-0.3, -0.25) is 4.90 Å².